The third-order valence-corrected chi connectivity index (χ3v) is 4.08. The number of nitrogen functional groups attached to an aromatic ring is 1. The molecule has 0 fully saturated rings. The Morgan fingerprint density at radius 3 is 2.60 bits per heavy atom. The number of rotatable bonds is 1. The summed E-state index contributed by atoms with van der Waals surface area (Å²) in [6.07, 6.45) is 0. The van der Waals surface area contributed by atoms with Gasteiger partial charge in [-0.25, -0.2) is 9.97 Å². The van der Waals surface area contributed by atoms with E-state index in [-0.39, 0.29) is 0 Å². The fourth-order valence-electron chi connectivity index (χ4n) is 1.21. The first-order valence-corrected chi connectivity index (χ1v) is 6.11. The molecule has 2 aromatic rings. The molecule has 5 heteroatoms. The lowest BCUT2D eigenvalue weighted by Crippen LogP contribution is -2.01. The minimum Gasteiger partial charge on any atom is -0.383 e. The zero-order valence-corrected chi connectivity index (χ0v) is 10.8. The second-order valence-corrected chi connectivity index (χ2v) is 5.01. The molecule has 2 aromatic heterocycles. The van der Waals surface area contributed by atoms with Gasteiger partial charge < -0.3 is 5.73 Å². The monoisotopic (exact) mass is 283 g/mol. The summed E-state index contributed by atoms with van der Waals surface area (Å²) in [5, 5.41) is 1.99. The summed E-state index contributed by atoms with van der Waals surface area (Å²) >= 11 is 5.06. The summed E-state index contributed by atoms with van der Waals surface area (Å²) in [4.78, 5) is 9.73. The lowest BCUT2D eigenvalue weighted by molar-refractivity contribution is 1.08. The fourth-order valence-corrected chi connectivity index (χ4v) is 2.69. The van der Waals surface area contributed by atoms with Gasteiger partial charge in [-0.1, -0.05) is 0 Å². The van der Waals surface area contributed by atoms with Crippen LogP contribution in [0.15, 0.2) is 15.9 Å². The molecule has 0 bridgehead atoms. The van der Waals surface area contributed by atoms with Crippen molar-refractivity contribution in [3.05, 3.63) is 27.2 Å². The molecule has 0 aliphatic heterocycles. The maximum Gasteiger partial charge on any atom is 0.173 e. The van der Waals surface area contributed by atoms with E-state index in [1.54, 1.807) is 11.3 Å². The van der Waals surface area contributed by atoms with Gasteiger partial charge in [0.15, 0.2) is 5.82 Å². The van der Waals surface area contributed by atoms with E-state index in [1.807, 2.05) is 25.3 Å². The molecule has 0 spiro atoms. The van der Waals surface area contributed by atoms with Crippen LogP contribution in [0.2, 0.25) is 0 Å². The van der Waals surface area contributed by atoms with Gasteiger partial charge in [0.1, 0.15) is 5.82 Å². The van der Waals surface area contributed by atoms with E-state index in [2.05, 4.69) is 25.9 Å². The highest BCUT2D eigenvalue weighted by Crippen LogP contribution is 2.32. The summed E-state index contributed by atoms with van der Waals surface area (Å²) < 4.78 is 1.01. The van der Waals surface area contributed by atoms with Crippen LogP contribution in [0.25, 0.3) is 10.7 Å². The highest BCUT2D eigenvalue weighted by Gasteiger charge is 2.11. The van der Waals surface area contributed by atoms with Crippen molar-refractivity contribution in [2.45, 2.75) is 13.8 Å². The van der Waals surface area contributed by atoms with E-state index in [0.29, 0.717) is 11.6 Å². The van der Waals surface area contributed by atoms with Gasteiger partial charge in [0, 0.05) is 15.7 Å². The topological polar surface area (TPSA) is 51.8 Å². The Morgan fingerprint density at radius 2 is 2.07 bits per heavy atom. The summed E-state index contributed by atoms with van der Waals surface area (Å²) in [7, 11) is 0. The number of anilines is 1. The van der Waals surface area contributed by atoms with E-state index >= 15 is 0 Å². The van der Waals surface area contributed by atoms with E-state index in [1.165, 1.54) is 0 Å². The van der Waals surface area contributed by atoms with Gasteiger partial charge >= 0.3 is 0 Å². The van der Waals surface area contributed by atoms with Gasteiger partial charge in [-0.3, -0.25) is 0 Å². The third kappa shape index (κ3) is 1.89. The number of hydrogen-bond donors (Lipinski definition) is 1. The van der Waals surface area contributed by atoms with Crippen molar-refractivity contribution in [3.8, 4) is 10.7 Å². The molecular formula is C10H10BrN3S. The zero-order chi connectivity index (χ0) is 11.0. The van der Waals surface area contributed by atoms with Gasteiger partial charge in [-0.05, 0) is 41.2 Å². The van der Waals surface area contributed by atoms with Gasteiger partial charge in [0.25, 0.3) is 0 Å². The van der Waals surface area contributed by atoms with Crippen LogP contribution in [0.1, 0.15) is 11.3 Å². The van der Waals surface area contributed by atoms with Crippen molar-refractivity contribution in [2.75, 3.05) is 5.73 Å². The second-order valence-electron chi connectivity index (χ2n) is 3.24. The van der Waals surface area contributed by atoms with Crippen LogP contribution < -0.4 is 5.73 Å². The third-order valence-electron chi connectivity index (χ3n) is 2.25. The van der Waals surface area contributed by atoms with Crippen molar-refractivity contribution in [3.63, 3.8) is 0 Å². The number of nitrogens with two attached hydrogens (primary N) is 1. The zero-order valence-electron chi connectivity index (χ0n) is 8.41. The number of halogens is 1. The van der Waals surface area contributed by atoms with Gasteiger partial charge in [-0.2, -0.15) is 0 Å². The Bertz CT molecular complexity index is 484. The minimum atomic E-state index is 0.554. The normalized spacial score (nSPS) is 10.6. The van der Waals surface area contributed by atoms with Crippen molar-refractivity contribution in [1.29, 1.82) is 0 Å². The molecule has 0 aliphatic carbocycles. The fraction of sp³-hybridized carbons (Fsp3) is 0.200. The van der Waals surface area contributed by atoms with Crippen molar-refractivity contribution in [1.82, 2.24) is 9.97 Å². The molecule has 15 heavy (non-hydrogen) atoms. The SMILES string of the molecule is Cc1nc(-c2sccc2Br)nc(N)c1C. The van der Waals surface area contributed by atoms with Crippen LogP contribution in [-0.4, -0.2) is 9.97 Å². The maximum atomic E-state index is 5.82. The maximum absolute atomic E-state index is 5.82. The number of thiophene rings is 1. The first kappa shape index (κ1) is 10.6. The van der Waals surface area contributed by atoms with Crippen LogP contribution in [-0.2, 0) is 0 Å². The van der Waals surface area contributed by atoms with Crippen LogP contribution in [0.4, 0.5) is 5.82 Å². The molecule has 3 nitrogen and oxygen atoms in total. The van der Waals surface area contributed by atoms with Crippen LogP contribution in [0, 0.1) is 13.8 Å². The molecule has 0 saturated heterocycles. The molecule has 78 valence electrons. The summed E-state index contributed by atoms with van der Waals surface area (Å²) in [5.41, 5.74) is 7.69. The van der Waals surface area contributed by atoms with Gasteiger partial charge in [0.2, 0.25) is 0 Å². The van der Waals surface area contributed by atoms with Crippen LogP contribution >= 0.6 is 27.3 Å². The highest BCUT2D eigenvalue weighted by atomic mass is 79.9. The lowest BCUT2D eigenvalue weighted by Gasteiger charge is -2.05. The molecule has 0 aliphatic rings. The van der Waals surface area contributed by atoms with E-state index in [0.717, 1.165) is 20.6 Å². The molecule has 0 unspecified atom stereocenters. The average molecular weight is 284 g/mol. The van der Waals surface area contributed by atoms with E-state index < -0.39 is 0 Å². The first-order valence-electron chi connectivity index (χ1n) is 4.43. The van der Waals surface area contributed by atoms with Crippen LogP contribution in [0.5, 0.6) is 0 Å². The smallest absolute Gasteiger partial charge is 0.173 e. The molecule has 0 radical (unpaired) electrons. The van der Waals surface area contributed by atoms with Crippen molar-refractivity contribution < 1.29 is 0 Å². The molecular weight excluding hydrogens is 274 g/mol. The van der Waals surface area contributed by atoms with Crippen molar-refractivity contribution in [2.24, 2.45) is 0 Å². The second kappa shape index (κ2) is 3.90. The number of aromatic nitrogens is 2. The molecule has 2 heterocycles. The van der Waals surface area contributed by atoms with E-state index in [9.17, 15) is 0 Å². The number of nitrogens with zero attached hydrogens (tertiary/aromatic N) is 2. The van der Waals surface area contributed by atoms with Crippen LogP contribution in [0.3, 0.4) is 0 Å². The summed E-state index contributed by atoms with van der Waals surface area (Å²) in [6.45, 7) is 3.87. The Balaban J connectivity index is 2.60. The first-order chi connectivity index (χ1) is 7.09. The molecule has 0 saturated carbocycles. The van der Waals surface area contributed by atoms with E-state index in [4.69, 9.17) is 5.73 Å². The molecule has 0 aromatic carbocycles. The quantitative estimate of drug-likeness (QED) is 0.875. The van der Waals surface area contributed by atoms with Crippen molar-refractivity contribution >= 4 is 33.1 Å². The van der Waals surface area contributed by atoms with Gasteiger partial charge in [0.05, 0.1) is 4.88 Å². The molecule has 2 rings (SSSR count). The molecule has 0 amide bonds. The Kier molecular flexibility index (Phi) is 2.75. The molecule has 2 N–H and O–H groups in total. The number of aryl methyl sites for hydroxylation is 1. The Labute approximate surface area is 101 Å². The average Bonchev–Trinajstić information content (AvgIpc) is 2.60. The predicted molar refractivity (Wildman–Crippen MR) is 66.9 cm³/mol. The van der Waals surface area contributed by atoms with Gasteiger partial charge in [-0.15, -0.1) is 11.3 Å². The Morgan fingerprint density at radius 1 is 1.33 bits per heavy atom. The largest absolute Gasteiger partial charge is 0.383 e. The standard InChI is InChI=1S/C10H10BrN3S/c1-5-6(2)13-10(14-9(5)12)8-7(11)3-4-15-8/h3-4H,1-2H3,(H2,12,13,14). The minimum absolute atomic E-state index is 0.554. The lowest BCUT2D eigenvalue weighted by atomic mass is 10.2. The summed E-state index contributed by atoms with van der Waals surface area (Å²) in [6, 6.07) is 1.98. The highest BCUT2D eigenvalue weighted by molar-refractivity contribution is 9.10. The summed E-state index contributed by atoms with van der Waals surface area (Å²) in [5.74, 6) is 1.25. The predicted octanol–water partition coefficient (Wildman–Crippen LogP) is 3.17. The Hall–Kier alpha value is -0.940. The molecule has 0 atom stereocenters. The number of hydrogen-bond acceptors (Lipinski definition) is 4.